The van der Waals surface area contributed by atoms with Crippen molar-refractivity contribution < 1.29 is 19.2 Å². The van der Waals surface area contributed by atoms with Crippen LogP contribution >= 0.6 is 0 Å². The number of para-hydroxylation sites is 4. The van der Waals surface area contributed by atoms with E-state index < -0.39 is 0 Å². The minimum Gasteiger partial charge on any atom is -0.309 e. The van der Waals surface area contributed by atoms with Crippen molar-refractivity contribution in [1.29, 1.82) is 0 Å². The highest BCUT2D eigenvalue weighted by Crippen LogP contribution is 2.52. The van der Waals surface area contributed by atoms with Gasteiger partial charge in [0.1, 0.15) is 0 Å². The molecule has 8 nitrogen and oxygen atoms in total. The third-order valence-electron chi connectivity index (χ3n) is 13.2. The largest absolute Gasteiger partial charge is 0.309 e. The van der Waals surface area contributed by atoms with E-state index in [9.17, 15) is 19.2 Å². The van der Waals surface area contributed by atoms with E-state index >= 15 is 0 Å². The van der Waals surface area contributed by atoms with Gasteiger partial charge in [0.25, 0.3) is 23.6 Å². The third-order valence-corrected chi connectivity index (χ3v) is 13.2. The molecular formula is C58H34N4O4. The quantitative estimate of drug-likeness (QED) is 0.156. The Bertz CT molecular complexity index is 3560. The number of carbonyl (C=O) groups is 4. The van der Waals surface area contributed by atoms with Gasteiger partial charge in [-0.3, -0.25) is 19.2 Å². The molecule has 0 saturated carbocycles. The van der Waals surface area contributed by atoms with E-state index in [1.54, 1.807) is 48.5 Å². The topological polar surface area (TPSA) is 84.6 Å². The number of benzene rings is 9. The smallest absolute Gasteiger partial charge is 0.266 e. The Kier molecular flexibility index (Phi) is 8.04. The van der Waals surface area contributed by atoms with E-state index in [1.165, 1.54) is 9.80 Å². The molecule has 310 valence electrons. The van der Waals surface area contributed by atoms with Crippen molar-refractivity contribution in [3.05, 3.63) is 229 Å². The minimum atomic E-state index is -0.346. The number of carbonyl (C=O) groups excluding carboxylic acids is 4. The zero-order valence-electron chi connectivity index (χ0n) is 35.1. The molecule has 0 saturated heterocycles. The fraction of sp³-hybridized carbons (Fsp3) is 0. The van der Waals surface area contributed by atoms with Crippen LogP contribution in [0.1, 0.15) is 41.4 Å². The second-order valence-electron chi connectivity index (χ2n) is 16.6. The van der Waals surface area contributed by atoms with Gasteiger partial charge in [0.15, 0.2) is 0 Å². The summed E-state index contributed by atoms with van der Waals surface area (Å²) in [6.07, 6.45) is 0. The van der Waals surface area contributed by atoms with Crippen LogP contribution in [0, 0.1) is 0 Å². The number of nitrogens with zero attached hydrogens (tertiary/aromatic N) is 4. The fourth-order valence-electron chi connectivity index (χ4n) is 10.4. The summed E-state index contributed by atoms with van der Waals surface area (Å²) < 4.78 is 4.67. The van der Waals surface area contributed by atoms with Crippen molar-refractivity contribution in [3.8, 4) is 33.6 Å². The zero-order chi connectivity index (χ0) is 44.2. The fourth-order valence-corrected chi connectivity index (χ4v) is 10.4. The van der Waals surface area contributed by atoms with Crippen molar-refractivity contribution in [2.75, 3.05) is 9.80 Å². The Morgan fingerprint density at radius 3 is 0.924 bits per heavy atom. The van der Waals surface area contributed by atoms with E-state index in [1.807, 2.05) is 84.9 Å². The Balaban J connectivity index is 1.15. The zero-order valence-corrected chi connectivity index (χ0v) is 35.1. The van der Waals surface area contributed by atoms with Gasteiger partial charge in [-0.1, -0.05) is 121 Å². The highest BCUT2D eigenvalue weighted by molar-refractivity contribution is 6.36. The van der Waals surface area contributed by atoms with Crippen LogP contribution in [-0.2, 0) is 0 Å². The van der Waals surface area contributed by atoms with Crippen molar-refractivity contribution in [1.82, 2.24) is 9.13 Å². The number of hydrogen-bond acceptors (Lipinski definition) is 4. The van der Waals surface area contributed by atoms with Crippen molar-refractivity contribution >= 4 is 78.6 Å². The first-order valence-corrected chi connectivity index (χ1v) is 21.8. The normalized spacial score (nSPS) is 13.5. The van der Waals surface area contributed by atoms with E-state index in [-0.39, 0.29) is 23.6 Å². The van der Waals surface area contributed by atoms with Crippen molar-refractivity contribution in [2.24, 2.45) is 0 Å². The molecule has 2 aliphatic heterocycles. The van der Waals surface area contributed by atoms with Gasteiger partial charge in [-0.25, -0.2) is 9.80 Å². The molecular weight excluding hydrogens is 817 g/mol. The van der Waals surface area contributed by atoms with Crippen LogP contribution in [0.4, 0.5) is 11.4 Å². The molecule has 0 radical (unpaired) electrons. The summed E-state index contributed by atoms with van der Waals surface area (Å²) in [7, 11) is 0. The van der Waals surface area contributed by atoms with Crippen molar-refractivity contribution in [2.45, 2.75) is 0 Å². The number of anilines is 2. The maximum Gasteiger partial charge on any atom is 0.266 e. The highest BCUT2D eigenvalue weighted by Gasteiger charge is 2.38. The lowest BCUT2D eigenvalue weighted by molar-refractivity contribution is 0.0910. The molecule has 0 aliphatic carbocycles. The van der Waals surface area contributed by atoms with Crippen LogP contribution in [0.15, 0.2) is 206 Å². The Morgan fingerprint density at radius 1 is 0.273 bits per heavy atom. The maximum atomic E-state index is 13.7. The van der Waals surface area contributed by atoms with Gasteiger partial charge in [0.05, 0.1) is 55.7 Å². The number of rotatable bonds is 6. The number of aromatic nitrogens is 2. The maximum absolute atomic E-state index is 13.7. The summed E-state index contributed by atoms with van der Waals surface area (Å²) in [6.45, 7) is 0. The molecule has 13 rings (SSSR count). The predicted octanol–water partition coefficient (Wildman–Crippen LogP) is 12.8. The molecule has 4 amide bonds. The van der Waals surface area contributed by atoms with Crippen LogP contribution in [0.3, 0.4) is 0 Å². The van der Waals surface area contributed by atoms with Crippen LogP contribution in [-0.4, -0.2) is 32.8 Å². The molecule has 0 fully saturated rings. The molecule has 2 aliphatic rings. The van der Waals surface area contributed by atoms with Crippen LogP contribution in [0.5, 0.6) is 0 Å². The molecule has 0 atom stereocenters. The van der Waals surface area contributed by atoms with Crippen LogP contribution < -0.4 is 9.80 Å². The lowest BCUT2D eigenvalue weighted by Gasteiger charge is -2.20. The summed E-state index contributed by atoms with van der Waals surface area (Å²) in [5, 5.41) is 4.09. The average molecular weight is 851 g/mol. The summed E-state index contributed by atoms with van der Waals surface area (Å²) >= 11 is 0. The summed E-state index contributed by atoms with van der Waals surface area (Å²) in [5.41, 5.74) is 12.2. The first-order valence-electron chi connectivity index (χ1n) is 21.8. The Hall–Kier alpha value is -9.14. The van der Waals surface area contributed by atoms with E-state index in [0.29, 0.717) is 33.6 Å². The van der Waals surface area contributed by atoms with E-state index in [0.717, 1.165) is 77.2 Å². The average Bonchev–Trinajstić information content (AvgIpc) is 4.06. The first kappa shape index (κ1) is 37.4. The minimum absolute atomic E-state index is 0.346. The molecule has 9 aromatic carbocycles. The SMILES string of the molecule is O=C1c2ccccc2C(=O)N1c1ccc(-c2c3c4ccccc4n(-c4ccccc4)c3c(-c3ccc(N4C(=O)c5ccccc5C4=O)cc3)c3c4ccccc4n(-c4ccccc4)c23)cc1. The van der Waals surface area contributed by atoms with Gasteiger partial charge in [0.2, 0.25) is 0 Å². The summed E-state index contributed by atoms with van der Waals surface area (Å²) in [4.78, 5) is 57.4. The molecule has 0 bridgehead atoms. The van der Waals surface area contributed by atoms with Crippen molar-refractivity contribution in [3.63, 3.8) is 0 Å². The standard InChI is InChI=1S/C58H34N4O4/c63-55-41-19-7-8-20-42(41)56(64)61(55)39-31-27-35(28-32-39)49-52-46-24-12-14-26-48(46)60(38-17-5-2-6-18-38)54(52)50(51-45-23-11-13-25-47(45)59(53(49)51)37-15-3-1-4-16-37)36-29-33-40(34-30-36)62-57(65)43-21-9-10-22-44(43)58(62)66/h1-34H. The number of amides is 4. The van der Waals surface area contributed by atoms with Crippen LogP contribution in [0.2, 0.25) is 0 Å². The number of hydrogen-bond donors (Lipinski definition) is 0. The molecule has 11 aromatic rings. The van der Waals surface area contributed by atoms with Gasteiger partial charge in [-0.15, -0.1) is 0 Å². The molecule has 8 heteroatoms. The van der Waals surface area contributed by atoms with Gasteiger partial charge in [0, 0.05) is 44.0 Å². The molecule has 66 heavy (non-hydrogen) atoms. The monoisotopic (exact) mass is 850 g/mol. The number of imide groups is 2. The highest BCUT2D eigenvalue weighted by atomic mass is 16.2. The Morgan fingerprint density at radius 2 is 0.576 bits per heavy atom. The first-order chi connectivity index (χ1) is 32.5. The lowest BCUT2D eigenvalue weighted by Crippen LogP contribution is -2.29. The second kappa shape index (κ2) is 14.2. The third kappa shape index (κ3) is 5.20. The van der Waals surface area contributed by atoms with Gasteiger partial charge < -0.3 is 9.13 Å². The molecule has 4 heterocycles. The predicted molar refractivity (Wildman–Crippen MR) is 261 cm³/mol. The van der Waals surface area contributed by atoms with Crippen LogP contribution in [0.25, 0.3) is 77.2 Å². The van der Waals surface area contributed by atoms with E-state index in [4.69, 9.17) is 0 Å². The van der Waals surface area contributed by atoms with Gasteiger partial charge in [-0.05, 0) is 96.1 Å². The Labute approximate surface area is 377 Å². The molecule has 2 aromatic heterocycles. The van der Waals surface area contributed by atoms with E-state index in [2.05, 4.69) is 81.9 Å². The molecule has 0 unspecified atom stereocenters. The van der Waals surface area contributed by atoms with Gasteiger partial charge >= 0.3 is 0 Å². The number of fused-ring (bicyclic) bond motifs is 8. The second-order valence-corrected chi connectivity index (χ2v) is 16.6. The summed E-state index contributed by atoms with van der Waals surface area (Å²) in [6, 6.07) is 67.0. The lowest BCUT2D eigenvalue weighted by atomic mass is 9.89. The summed E-state index contributed by atoms with van der Waals surface area (Å²) in [5.74, 6) is -1.38. The molecule has 0 spiro atoms. The molecule has 0 N–H and O–H groups in total. The van der Waals surface area contributed by atoms with Gasteiger partial charge in [-0.2, -0.15) is 0 Å².